The molecule has 39 heavy (non-hydrogen) atoms. The van der Waals surface area contributed by atoms with Gasteiger partial charge in [-0.1, -0.05) is 13.2 Å². The number of thiophene rings is 2. The Labute approximate surface area is 229 Å². The molecule has 2 aromatic rings. The second kappa shape index (κ2) is 10.3. The zero-order chi connectivity index (χ0) is 29.8. The van der Waals surface area contributed by atoms with E-state index in [0.717, 1.165) is 22.7 Å². The maximum absolute atomic E-state index is 15.4. The number of ether oxygens (including phenoxy) is 2. The molecule has 3 rings (SSSR count). The largest absolute Gasteiger partial charge is 0.457 e. The Kier molecular flexibility index (Phi) is 8.08. The van der Waals surface area contributed by atoms with Gasteiger partial charge in [-0.05, 0) is 52.7 Å². The van der Waals surface area contributed by atoms with Crippen molar-refractivity contribution in [2.75, 3.05) is 0 Å². The zero-order valence-electron chi connectivity index (χ0n) is 22.0. The van der Waals surface area contributed by atoms with Crippen molar-refractivity contribution in [3.63, 3.8) is 0 Å². The first-order valence-corrected chi connectivity index (χ1v) is 13.1. The maximum Gasteiger partial charge on any atom is 0.380 e. The zero-order valence-corrected chi connectivity index (χ0v) is 23.7. The van der Waals surface area contributed by atoms with E-state index in [0.29, 0.717) is 0 Å². The molecule has 0 aromatic carbocycles. The average Bonchev–Trinajstić information content (AvgIpc) is 3.29. The van der Waals surface area contributed by atoms with Crippen LogP contribution in [0.5, 0.6) is 0 Å². The van der Waals surface area contributed by atoms with Crippen molar-refractivity contribution in [2.45, 2.75) is 72.5 Å². The van der Waals surface area contributed by atoms with Gasteiger partial charge in [-0.25, -0.2) is 9.59 Å². The van der Waals surface area contributed by atoms with Crippen molar-refractivity contribution in [3.8, 4) is 0 Å². The van der Waals surface area contributed by atoms with Crippen LogP contribution in [0.4, 0.5) is 26.3 Å². The van der Waals surface area contributed by atoms with Crippen LogP contribution in [0.25, 0.3) is 11.1 Å². The monoisotopic (exact) mass is 592 g/mol. The highest BCUT2D eigenvalue weighted by atomic mass is 32.1. The first-order valence-electron chi connectivity index (χ1n) is 11.5. The molecule has 0 N–H and O–H groups in total. The van der Waals surface area contributed by atoms with Gasteiger partial charge in [-0.15, -0.1) is 22.7 Å². The molecule has 0 saturated heterocycles. The van der Waals surface area contributed by atoms with Crippen LogP contribution in [0.15, 0.2) is 24.3 Å². The SMILES string of the molecule is C=C(C)C(=O)OCc1sc(C)c(C2=C(c3c(C)sc(COC(=O)C(=C)C)c3C)C(F)(F)C(F)(F)C2(F)F)c1C. The van der Waals surface area contributed by atoms with Gasteiger partial charge < -0.3 is 9.47 Å². The molecule has 12 heteroatoms. The molecule has 0 atom stereocenters. The van der Waals surface area contributed by atoms with Gasteiger partial charge in [0, 0.05) is 52.9 Å². The summed E-state index contributed by atoms with van der Waals surface area (Å²) in [5.74, 6) is -17.7. The van der Waals surface area contributed by atoms with Crippen LogP contribution in [-0.4, -0.2) is 29.7 Å². The van der Waals surface area contributed by atoms with Gasteiger partial charge in [0.05, 0.1) is 0 Å². The molecule has 0 radical (unpaired) electrons. The Morgan fingerprint density at radius 3 is 1.28 bits per heavy atom. The van der Waals surface area contributed by atoms with Crippen LogP contribution in [0.3, 0.4) is 0 Å². The lowest BCUT2D eigenvalue weighted by molar-refractivity contribution is -0.254. The van der Waals surface area contributed by atoms with Gasteiger partial charge in [0.15, 0.2) is 0 Å². The molecular formula is C27H26F6O4S2. The highest BCUT2D eigenvalue weighted by molar-refractivity contribution is 7.12. The van der Waals surface area contributed by atoms with Crippen LogP contribution in [0, 0.1) is 27.7 Å². The minimum Gasteiger partial charge on any atom is -0.457 e. The number of carbonyl (C=O) groups excluding carboxylic acids is 2. The summed E-state index contributed by atoms with van der Waals surface area (Å²) in [6, 6.07) is 0. The van der Waals surface area contributed by atoms with E-state index in [1.807, 2.05) is 0 Å². The Morgan fingerprint density at radius 2 is 1.00 bits per heavy atom. The highest BCUT2D eigenvalue weighted by Gasteiger charge is 2.80. The van der Waals surface area contributed by atoms with Crippen LogP contribution in [-0.2, 0) is 32.3 Å². The molecule has 0 fully saturated rings. The lowest BCUT2D eigenvalue weighted by atomic mass is 9.90. The summed E-state index contributed by atoms with van der Waals surface area (Å²) in [5.41, 5.74) is -3.63. The van der Waals surface area contributed by atoms with Gasteiger partial charge in [-0.2, -0.15) is 26.3 Å². The summed E-state index contributed by atoms with van der Waals surface area (Å²) >= 11 is 1.76. The number of rotatable bonds is 8. The predicted octanol–water partition coefficient (Wildman–Crippen LogP) is 8.11. The van der Waals surface area contributed by atoms with E-state index in [9.17, 15) is 18.4 Å². The molecule has 0 saturated carbocycles. The van der Waals surface area contributed by atoms with Gasteiger partial charge >= 0.3 is 29.7 Å². The summed E-state index contributed by atoms with van der Waals surface area (Å²) in [4.78, 5) is 24.3. The van der Waals surface area contributed by atoms with Crippen LogP contribution < -0.4 is 0 Å². The Bertz CT molecular complexity index is 1320. The van der Waals surface area contributed by atoms with Crippen LogP contribution >= 0.6 is 22.7 Å². The van der Waals surface area contributed by atoms with E-state index in [1.165, 1.54) is 41.5 Å². The Morgan fingerprint density at radius 1 is 0.692 bits per heavy atom. The molecule has 212 valence electrons. The number of alkyl halides is 6. The van der Waals surface area contributed by atoms with E-state index in [2.05, 4.69) is 13.2 Å². The van der Waals surface area contributed by atoms with Crippen LogP contribution in [0.1, 0.15) is 55.6 Å². The fourth-order valence-electron chi connectivity index (χ4n) is 4.33. The van der Waals surface area contributed by atoms with E-state index < -0.39 is 52.0 Å². The van der Waals surface area contributed by atoms with Gasteiger partial charge in [-0.3, -0.25) is 0 Å². The quantitative estimate of drug-likeness (QED) is 0.177. The maximum atomic E-state index is 15.4. The number of carbonyl (C=O) groups is 2. The van der Waals surface area contributed by atoms with E-state index in [-0.39, 0.29) is 55.0 Å². The fraction of sp³-hybridized carbons (Fsp3) is 0.407. The highest BCUT2D eigenvalue weighted by Crippen LogP contribution is 2.66. The molecule has 2 heterocycles. The summed E-state index contributed by atoms with van der Waals surface area (Å²) in [5, 5.41) is 0. The summed E-state index contributed by atoms with van der Waals surface area (Å²) in [6.07, 6.45) is 0. The van der Waals surface area contributed by atoms with Crippen molar-refractivity contribution in [3.05, 3.63) is 66.1 Å². The smallest absolute Gasteiger partial charge is 0.380 e. The summed E-state index contributed by atoms with van der Waals surface area (Å²) in [6.45, 7) is 14.3. The number of esters is 2. The standard InChI is InChI=1S/C27H26F6O4S2/c1-11(2)23(34)36-9-17-13(5)19(15(7)38-17)21-22(26(30,31)27(32,33)25(21,28)29)20-14(6)18(39-16(20)8)10-37-24(35)12(3)4/h1,3,9-10H2,2,4-8H3. The van der Waals surface area contributed by atoms with E-state index >= 15 is 17.6 Å². The number of hydrogen-bond acceptors (Lipinski definition) is 6. The normalized spacial score (nSPS) is 17.3. The first kappa shape index (κ1) is 30.7. The van der Waals surface area contributed by atoms with Gasteiger partial charge in [0.2, 0.25) is 0 Å². The number of aryl methyl sites for hydroxylation is 2. The third-order valence-electron chi connectivity index (χ3n) is 6.38. The van der Waals surface area contributed by atoms with E-state index in [1.54, 1.807) is 0 Å². The van der Waals surface area contributed by atoms with Gasteiger partial charge in [0.1, 0.15) is 13.2 Å². The van der Waals surface area contributed by atoms with Crippen molar-refractivity contribution >= 4 is 45.8 Å². The number of halogens is 6. The molecule has 4 nitrogen and oxygen atoms in total. The van der Waals surface area contributed by atoms with Crippen LogP contribution in [0.2, 0.25) is 0 Å². The van der Waals surface area contributed by atoms with Gasteiger partial charge in [0.25, 0.3) is 0 Å². The molecule has 1 aliphatic carbocycles. The summed E-state index contributed by atoms with van der Waals surface area (Å²) in [7, 11) is 0. The minimum absolute atomic E-state index is 0.0221. The lowest BCUT2D eigenvalue weighted by Crippen LogP contribution is -2.49. The molecule has 0 bridgehead atoms. The molecule has 1 aliphatic rings. The topological polar surface area (TPSA) is 52.6 Å². The fourth-order valence-corrected chi connectivity index (χ4v) is 6.53. The molecule has 2 aromatic heterocycles. The Hall–Kier alpha value is -2.86. The lowest BCUT2D eigenvalue weighted by Gasteiger charge is -2.26. The van der Waals surface area contributed by atoms with Crippen molar-refractivity contribution in [2.24, 2.45) is 0 Å². The second-order valence-corrected chi connectivity index (χ2v) is 12.0. The Balaban J connectivity index is 2.28. The van der Waals surface area contributed by atoms with Crippen molar-refractivity contribution in [1.82, 2.24) is 0 Å². The molecular weight excluding hydrogens is 566 g/mol. The second-order valence-electron chi connectivity index (χ2n) is 9.35. The molecule has 0 amide bonds. The molecule has 0 unspecified atom stereocenters. The molecule has 0 aliphatic heterocycles. The minimum atomic E-state index is -5.73. The number of allylic oxidation sites excluding steroid dienone is 2. The van der Waals surface area contributed by atoms with Crippen molar-refractivity contribution in [1.29, 1.82) is 0 Å². The predicted molar refractivity (Wildman–Crippen MR) is 138 cm³/mol. The van der Waals surface area contributed by atoms with E-state index in [4.69, 9.17) is 9.47 Å². The third-order valence-corrected chi connectivity index (χ3v) is 8.74. The molecule has 0 spiro atoms. The first-order chi connectivity index (χ1) is 17.8. The third kappa shape index (κ3) is 4.86. The van der Waals surface area contributed by atoms with Crippen molar-refractivity contribution < 1.29 is 45.4 Å². The number of hydrogen-bond donors (Lipinski definition) is 0. The summed E-state index contributed by atoms with van der Waals surface area (Å²) < 4.78 is 102. The average molecular weight is 593 g/mol.